The lowest BCUT2D eigenvalue weighted by Crippen LogP contribution is -2.62. The molecule has 1 atom stereocenters. The molecule has 1 aliphatic heterocycles. The Kier molecular flexibility index (Phi) is 5.88. The van der Waals surface area contributed by atoms with Crippen LogP contribution in [0.2, 0.25) is 0 Å². The van der Waals surface area contributed by atoms with Crippen molar-refractivity contribution in [2.24, 2.45) is 0 Å². The summed E-state index contributed by atoms with van der Waals surface area (Å²) in [6.45, 7) is 3.50. The maximum absolute atomic E-state index is 13.0. The Balaban J connectivity index is 1.43. The van der Waals surface area contributed by atoms with Gasteiger partial charge in [-0.1, -0.05) is 48.5 Å². The number of morpholine rings is 1. The van der Waals surface area contributed by atoms with Gasteiger partial charge in [0.05, 0.1) is 13.2 Å². The Bertz CT molecular complexity index is 1000. The van der Waals surface area contributed by atoms with E-state index in [0.717, 1.165) is 22.3 Å². The van der Waals surface area contributed by atoms with Gasteiger partial charge in [0.15, 0.2) is 6.04 Å². The number of fused-ring (bicyclic) bond motifs is 3. The lowest BCUT2D eigenvalue weighted by atomic mass is 9.98. The molecule has 2 amide bonds. The van der Waals surface area contributed by atoms with Crippen molar-refractivity contribution in [1.82, 2.24) is 10.2 Å². The van der Waals surface area contributed by atoms with Crippen LogP contribution < -0.4 is 5.32 Å². The van der Waals surface area contributed by atoms with Gasteiger partial charge >= 0.3 is 12.1 Å². The number of carbonyl (C=O) groups excluding carboxylic acids is 2. The fourth-order valence-electron chi connectivity index (χ4n) is 4.35. The Morgan fingerprint density at radius 1 is 1.09 bits per heavy atom. The Labute approximate surface area is 186 Å². The largest absolute Gasteiger partial charge is 0.480 e. The summed E-state index contributed by atoms with van der Waals surface area (Å²) in [6, 6.07) is 15.0. The van der Waals surface area contributed by atoms with Gasteiger partial charge in [0, 0.05) is 12.5 Å². The first kappa shape index (κ1) is 21.8. The minimum absolute atomic E-state index is 0.0813. The molecule has 2 aromatic rings. The SMILES string of the molecule is CC(C)(NC(=O)OCC1c2ccccc2-c2ccccc21)C(=O)N1CCOCC1C(=O)O. The van der Waals surface area contributed by atoms with Crippen LogP contribution in [0, 0.1) is 0 Å². The van der Waals surface area contributed by atoms with E-state index in [2.05, 4.69) is 17.4 Å². The van der Waals surface area contributed by atoms with E-state index in [0.29, 0.717) is 0 Å². The number of carbonyl (C=O) groups is 3. The number of benzene rings is 2. The first-order valence-electron chi connectivity index (χ1n) is 10.5. The molecule has 1 fully saturated rings. The molecule has 1 saturated heterocycles. The second kappa shape index (κ2) is 8.63. The monoisotopic (exact) mass is 438 g/mol. The number of alkyl carbamates (subject to hydrolysis) is 1. The molecule has 0 aromatic heterocycles. The Hall–Kier alpha value is -3.39. The van der Waals surface area contributed by atoms with Crippen molar-refractivity contribution in [2.45, 2.75) is 31.3 Å². The van der Waals surface area contributed by atoms with Gasteiger partial charge in [-0.15, -0.1) is 0 Å². The van der Waals surface area contributed by atoms with Crippen LogP contribution in [0.4, 0.5) is 4.79 Å². The molecule has 32 heavy (non-hydrogen) atoms. The molecular formula is C24H26N2O6. The number of carboxylic acids is 1. The van der Waals surface area contributed by atoms with Crippen molar-refractivity contribution in [3.8, 4) is 11.1 Å². The third-order valence-electron chi connectivity index (χ3n) is 5.97. The van der Waals surface area contributed by atoms with Gasteiger partial charge in [-0.05, 0) is 36.1 Å². The van der Waals surface area contributed by atoms with E-state index in [1.165, 1.54) is 18.7 Å². The summed E-state index contributed by atoms with van der Waals surface area (Å²) in [7, 11) is 0. The fourth-order valence-corrected chi connectivity index (χ4v) is 4.35. The van der Waals surface area contributed by atoms with Gasteiger partial charge in [-0.25, -0.2) is 9.59 Å². The molecule has 1 unspecified atom stereocenters. The summed E-state index contributed by atoms with van der Waals surface area (Å²) in [5.74, 6) is -1.74. The van der Waals surface area contributed by atoms with Crippen molar-refractivity contribution >= 4 is 18.0 Å². The molecule has 8 nitrogen and oxygen atoms in total. The number of hydrogen-bond acceptors (Lipinski definition) is 5. The summed E-state index contributed by atoms with van der Waals surface area (Å²) in [6.07, 6.45) is -0.731. The quantitative estimate of drug-likeness (QED) is 0.744. The van der Waals surface area contributed by atoms with E-state index in [4.69, 9.17) is 9.47 Å². The van der Waals surface area contributed by atoms with Crippen LogP contribution in [0.1, 0.15) is 30.9 Å². The molecule has 2 N–H and O–H groups in total. The summed E-state index contributed by atoms with van der Waals surface area (Å²) < 4.78 is 10.7. The number of ether oxygens (including phenoxy) is 2. The van der Waals surface area contributed by atoms with Gasteiger partial charge < -0.3 is 24.8 Å². The zero-order valence-electron chi connectivity index (χ0n) is 18.0. The molecule has 2 aromatic carbocycles. The third kappa shape index (κ3) is 4.05. The Morgan fingerprint density at radius 3 is 2.28 bits per heavy atom. The van der Waals surface area contributed by atoms with Gasteiger partial charge in [0.25, 0.3) is 0 Å². The average Bonchev–Trinajstić information content (AvgIpc) is 3.10. The van der Waals surface area contributed by atoms with Crippen LogP contribution in [0.3, 0.4) is 0 Å². The Morgan fingerprint density at radius 2 is 1.69 bits per heavy atom. The van der Waals surface area contributed by atoms with Gasteiger partial charge in [-0.2, -0.15) is 0 Å². The molecule has 168 valence electrons. The number of amides is 2. The number of hydrogen-bond donors (Lipinski definition) is 2. The van der Waals surface area contributed by atoms with Gasteiger partial charge in [0.2, 0.25) is 5.91 Å². The van der Waals surface area contributed by atoms with Gasteiger partial charge in [-0.3, -0.25) is 4.79 Å². The minimum Gasteiger partial charge on any atom is -0.480 e. The van der Waals surface area contributed by atoms with Crippen molar-refractivity contribution in [1.29, 1.82) is 0 Å². The van der Waals surface area contributed by atoms with Crippen molar-refractivity contribution < 1.29 is 29.0 Å². The number of rotatable bonds is 5. The lowest BCUT2D eigenvalue weighted by molar-refractivity contribution is -0.160. The highest BCUT2D eigenvalue weighted by Crippen LogP contribution is 2.44. The first-order valence-corrected chi connectivity index (χ1v) is 10.5. The second-order valence-electron chi connectivity index (χ2n) is 8.50. The molecule has 0 saturated carbocycles. The summed E-state index contributed by atoms with van der Waals surface area (Å²) in [4.78, 5) is 38.3. The maximum Gasteiger partial charge on any atom is 0.408 e. The van der Waals surface area contributed by atoms with Crippen molar-refractivity contribution in [3.63, 3.8) is 0 Å². The van der Waals surface area contributed by atoms with E-state index in [9.17, 15) is 19.5 Å². The standard InChI is InChI=1S/C24H26N2O6/c1-24(2,22(29)26-11-12-31-14-20(26)21(27)28)25-23(30)32-13-19-17-9-5-3-7-15(17)16-8-4-6-10-18(16)19/h3-10,19-20H,11-14H2,1-2H3,(H,25,30)(H,27,28). The number of carboxylic acid groups (broad SMARTS) is 1. The molecule has 1 aliphatic carbocycles. The van der Waals surface area contributed by atoms with E-state index < -0.39 is 29.6 Å². The van der Waals surface area contributed by atoms with Crippen LogP contribution in [0.25, 0.3) is 11.1 Å². The predicted molar refractivity (Wildman–Crippen MR) is 116 cm³/mol. The maximum atomic E-state index is 13.0. The van der Waals surface area contributed by atoms with Crippen LogP contribution in [-0.2, 0) is 19.1 Å². The third-order valence-corrected chi connectivity index (χ3v) is 5.97. The highest BCUT2D eigenvalue weighted by Gasteiger charge is 2.41. The summed E-state index contributed by atoms with van der Waals surface area (Å²) in [5.41, 5.74) is 3.09. The van der Waals surface area contributed by atoms with Gasteiger partial charge in [0.1, 0.15) is 12.1 Å². The molecule has 0 radical (unpaired) electrons. The number of nitrogens with one attached hydrogen (secondary N) is 1. The summed E-state index contributed by atoms with van der Waals surface area (Å²) >= 11 is 0. The number of nitrogens with zero attached hydrogens (tertiary/aromatic N) is 1. The topological polar surface area (TPSA) is 105 Å². The van der Waals surface area contributed by atoms with Crippen LogP contribution in [0.5, 0.6) is 0 Å². The minimum atomic E-state index is -1.34. The zero-order valence-corrected chi connectivity index (χ0v) is 18.0. The van der Waals surface area contributed by atoms with Crippen LogP contribution >= 0.6 is 0 Å². The smallest absolute Gasteiger partial charge is 0.408 e. The molecule has 0 spiro atoms. The highest BCUT2D eigenvalue weighted by molar-refractivity contribution is 5.92. The van der Waals surface area contributed by atoms with E-state index in [1.54, 1.807) is 0 Å². The summed E-state index contributed by atoms with van der Waals surface area (Å²) in [5, 5.41) is 12.0. The van der Waals surface area contributed by atoms with Crippen LogP contribution in [-0.4, -0.2) is 65.9 Å². The molecule has 0 bridgehead atoms. The molecule has 1 heterocycles. The fraction of sp³-hybridized carbons (Fsp3) is 0.375. The second-order valence-corrected chi connectivity index (χ2v) is 8.50. The molecular weight excluding hydrogens is 412 g/mol. The number of aliphatic carboxylic acids is 1. The van der Waals surface area contributed by atoms with Crippen molar-refractivity contribution in [3.05, 3.63) is 59.7 Å². The van der Waals surface area contributed by atoms with E-state index in [-0.39, 0.29) is 32.3 Å². The predicted octanol–water partition coefficient (Wildman–Crippen LogP) is 2.62. The molecule has 8 heteroatoms. The first-order chi connectivity index (χ1) is 15.3. The normalized spacial score (nSPS) is 17.9. The van der Waals surface area contributed by atoms with E-state index in [1.807, 2.05) is 36.4 Å². The highest BCUT2D eigenvalue weighted by atomic mass is 16.5. The lowest BCUT2D eigenvalue weighted by Gasteiger charge is -2.38. The zero-order chi connectivity index (χ0) is 22.9. The van der Waals surface area contributed by atoms with E-state index >= 15 is 0 Å². The molecule has 2 aliphatic rings. The van der Waals surface area contributed by atoms with Crippen LogP contribution in [0.15, 0.2) is 48.5 Å². The average molecular weight is 438 g/mol. The molecule has 4 rings (SSSR count). The van der Waals surface area contributed by atoms with Crippen molar-refractivity contribution in [2.75, 3.05) is 26.4 Å².